The SMILES string of the molecule is CCOc1cc(/C=C2/C(=O)NC(=S)N(c3ccccc3)C2=O)cc(I)c1OCc1ccc(Cl)c(Cl)c1. The quantitative estimate of drug-likeness (QED) is 0.138. The van der Waals surface area contributed by atoms with Gasteiger partial charge >= 0.3 is 0 Å². The van der Waals surface area contributed by atoms with Gasteiger partial charge in [-0.15, -0.1) is 0 Å². The zero-order valence-electron chi connectivity index (χ0n) is 18.9. The Morgan fingerprint density at radius 2 is 1.78 bits per heavy atom. The summed E-state index contributed by atoms with van der Waals surface area (Å²) in [5.41, 5.74) is 1.96. The number of hydrogen-bond acceptors (Lipinski definition) is 5. The largest absolute Gasteiger partial charge is 0.490 e. The molecule has 1 aliphatic rings. The lowest BCUT2D eigenvalue weighted by Gasteiger charge is -2.28. The summed E-state index contributed by atoms with van der Waals surface area (Å²) in [4.78, 5) is 27.2. The number of carbonyl (C=O) groups is 2. The molecular formula is C26H19Cl2IN2O4S. The number of benzene rings is 3. The summed E-state index contributed by atoms with van der Waals surface area (Å²) >= 11 is 19.5. The Balaban J connectivity index is 1.65. The van der Waals surface area contributed by atoms with E-state index in [1.54, 1.807) is 48.5 Å². The van der Waals surface area contributed by atoms with Crippen LogP contribution in [0.3, 0.4) is 0 Å². The molecule has 0 aromatic heterocycles. The van der Waals surface area contributed by atoms with Gasteiger partial charge in [-0.3, -0.25) is 19.8 Å². The molecule has 1 heterocycles. The Labute approximate surface area is 237 Å². The molecule has 1 fully saturated rings. The number of amides is 2. The van der Waals surface area contributed by atoms with Gasteiger partial charge in [0.1, 0.15) is 12.2 Å². The zero-order valence-corrected chi connectivity index (χ0v) is 23.4. The topological polar surface area (TPSA) is 67.9 Å². The maximum atomic E-state index is 13.3. The molecular weight excluding hydrogens is 634 g/mol. The second-order valence-corrected chi connectivity index (χ2v) is 9.96. The van der Waals surface area contributed by atoms with E-state index in [1.807, 2.05) is 19.1 Å². The number of rotatable bonds is 7. The van der Waals surface area contributed by atoms with Gasteiger partial charge in [-0.25, -0.2) is 0 Å². The molecule has 4 rings (SSSR count). The van der Waals surface area contributed by atoms with E-state index >= 15 is 0 Å². The maximum Gasteiger partial charge on any atom is 0.270 e. The molecule has 184 valence electrons. The second kappa shape index (κ2) is 11.6. The highest BCUT2D eigenvalue weighted by atomic mass is 127. The van der Waals surface area contributed by atoms with Crippen LogP contribution in [0.4, 0.5) is 5.69 Å². The average Bonchev–Trinajstić information content (AvgIpc) is 2.84. The Morgan fingerprint density at radius 1 is 1.03 bits per heavy atom. The zero-order chi connectivity index (χ0) is 25.8. The van der Waals surface area contributed by atoms with E-state index in [9.17, 15) is 9.59 Å². The third kappa shape index (κ3) is 5.83. The lowest BCUT2D eigenvalue weighted by Crippen LogP contribution is -2.54. The summed E-state index contributed by atoms with van der Waals surface area (Å²) in [6.45, 7) is 2.50. The second-order valence-electron chi connectivity index (χ2n) is 7.59. The fraction of sp³-hybridized carbons (Fsp3) is 0.115. The van der Waals surface area contributed by atoms with Crippen LogP contribution in [-0.2, 0) is 16.2 Å². The van der Waals surface area contributed by atoms with Crippen LogP contribution < -0.4 is 19.7 Å². The minimum atomic E-state index is -0.565. The molecule has 0 spiro atoms. The van der Waals surface area contributed by atoms with E-state index in [0.29, 0.717) is 39.4 Å². The van der Waals surface area contributed by atoms with Crippen molar-refractivity contribution in [3.8, 4) is 11.5 Å². The van der Waals surface area contributed by atoms with Crippen molar-refractivity contribution in [1.82, 2.24) is 5.32 Å². The minimum absolute atomic E-state index is 0.0315. The van der Waals surface area contributed by atoms with E-state index in [4.69, 9.17) is 44.9 Å². The van der Waals surface area contributed by atoms with Crippen LogP contribution in [0.25, 0.3) is 6.08 Å². The number of hydrogen-bond donors (Lipinski definition) is 1. The Bertz CT molecular complexity index is 1380. The molecule has 1 saturated heterocycles. The summed E-state index contributed by atoms with van der Waals surface area (Å²) in [7, 11) is 0. The van der Waals surface area contributed by atoms with Gasteiger partial charge in [0.25, 0.3) is 11.8 Å². The van der Waals surface area contributed by atoms with Crippen molar-refractivity contribution >= 4 is 86.7 Å². The molecule has 36 heavy (non-hydrogen) atoms. The molecule has 10 heteroatoms. The number of ether oxygens (including phenoxy) is 2. The standard InChI is InChI=1S/C26H19Cl2IN2O4S/c1-2-34-22-13-16(12-21(29)23(22)35-14-15-8-9-19(27)20(28)11-15)10-18-24(32)30-26(36)31(25(18)33)17-6-4-3-5-7-17/h3-13H,2,14H2,1H3,(H,30,32,36)/b18-10-. The Kier molecular flexibility index (Phi) is 8.50. The smallest absolute Gasteiger partial charge is 0.270 e. The first-order valence-electron chi connectivity index (χ1n) is 10.8. The van der Waals surface area contributed by atoms with Crippen LogP contribution in [-0.4, -0.2) is 23.5 Å². The molecule has 3 aromatic rings. The molecule has 1 N–H and O–H groups in total. The van der Waals surface area contributed by atoms with Crippen LogP contribution in [0, 0.1) is 3.57 Å². The van der Waals surface area contributed by atoms with Crippen molar-refractivity contribution in [2.75, 3.05) is 11.5 Å². The van der Waals surface area contributed by atoms with E-state index in [2.05, 4.69) is 27.9 Å². The van der Waals surface area contributed by atoms with Gasteiger partial charge in [0.2, 0.25) is 0 Å². The maximum absolute atomic E-state index is 13.3. The third-order valence-electron chi connectivity index (χ3n) is 5.13. The minimum Gasteiger partial charge on any atom is -0.490 e. The number of carbonyl (C=O) groups excluding carboxylic acids is 2. The molecule has 0 aliphatic carbocycles. The predicted molar refractivity (Wildman–Crippen MR) is 154 cm³/mol. The van der Waals surface area contributed by atoms with Gasteiger partial charge in [-0.2, -0.15) is 0 Å². The third-order valence-corrected chi connectivity index (χ3v) is 6.95. The van der Waals surface area contributed by atoms with Crippen LogP contribution in [0.15, 0.2) is 66.2 Å². The van der Waals surface area contributed by atoms with Crippen LogP contribution in [0.2, 0.25) is 10.0 Å². The van der Waals surface area contributed by atoms with Gasteiger partial charge in [0.05, 0.1) is 25.9 Å². The molecule has 2 amide bonds. The fourth-order valence-corrected chi connectivity index (χ4v) is 4.88. The highest BCUT2D eigenvalue weighted by molar-refractivity contribution is 14.1. The molecule has 1 aliphatic heterocycles. The molecule has 0 saturated carbocycles. The number of nitrogens with zero attached hydrogens (tertiary/aromatic N) is 1. The number of nitrogens with one attached hydrogen (secondary N) is 1. The first-order chi connectivity index (χ1) is 17.3. The Hall–Kier alpha value is -2.66. The molecule has 0 bridgehead atoms. The van der Waals surface area contributed by atoms with Gasteiger partial charge in [-0.05, 0) is 95.3 Å². The summed E-state index contributed by atoms with van der Waals surface area (Å²) in [5, 5.41) is 3.54. The monoisotopic (exact) mass is 652 g/mol. The summed E-state index contributed by atoms with van der Waals surface area (Å²) in [5.74, 6) is -0.0550. The van der Waals surface area contributed by atoms with Crippen molar-refractivity contribution in [2.45, 2.75) is 13.5 Å². The first kappa shape index (κ1) is 26.4. The fourth-order valence-electron chi connectivity index (χ4n) is 3.49. The van der Waals surface area contributed by atoms with Crippen molar-refractivity contribution in [3.63, 3.8) is 0 Å². The van der Waals surface area contributed by atoms with Gasteiger partial charge < -0.3 is 9.47 Å². The van der Waals surface area contributed by atoms with Crippen LogP contribution in [0.5, 0.6) is 11.5 Å². The molecule has 0 atom stereocenters. The predicted octanol–water partition coefficient (Wildman–Crippen LogP) is 6.41. The lowest BCUT2D eigenvalue weighted by atomic mass is 10.1. The Morgan fingerprint density at radius 3 is 2.47 bits per heavy atom. The van der Waals surface area contributed by atoms with Crippen molar-refractivity contribution in [3.05, 3.63) is 91.0 Å². The molecule has 0 unspecified atom stereocenters. The van der Waals surface area contributed by atoms with E-state index < -0.39 is 11.8 Å². The molecule has 0 radical (unpaired) electrons. The van der Waals surface area contributed by atoms with Crippen molar-refractivity contribution < 1.29 is 19.1 Å². The van der Waals surface area contributed by atoms with Gasteiger partial charge in [0, 0.05) is 0 Å². The molecule has 3 aromatic carbocycles. The van der Waals surface area contributed by atoms with E-state index in [0.717, 1.165) is 9.13 Å². The normalized spacial score (nSPS) is 14.7. The lowest BCUT2D eigenvalue weighted by molar-refractivity contribution is -0.122. The summed E-state index contributed by atoms with van der Waals surface area (Å²) in [6, 6.07) is 17.7. The number of para-hydroxylation sites is 1. The van der Waals surface area contributed by atoms with Crippen LogP contribution in [0.1, 0.15) is 18.1 Å². The van der Waals surface area contributed by atoms with Gasteiger partial charge in [-0.1, -0.05) is 47.5 Å². The summed E-state index contributed by atoms with van der Waals surface area (Å²) < 4.78 is 12.6. The van der Waals surface area contributed by atoms with Gasteiger partial charge in [0.15, 0.2) is 16.6 Å². The van der Waals surface area contributed by atoms with Crippen LogP contribution >= 0.6 is 58.0 Å². The highest BCUT2D eigenvalue weighted by Crippen LogP contribution is 2.36. The number of anilines is 1. The highest BCUT2D eigenvalue weighted by Gasteiger charge is 2.34. The van der Waals surface area contributed by atoms with E-state index in [-0.39, 0.29) is 17.3 Å². The summed E-state index contributed by atoms with van der Waals surface area (Å²) in [6.07, 6.45) is 1.52. The number of thiocarbonyl (C=S) groups is 1. The molecule has 6 nitrogen and oxygen atoms in total. The number of halogens is 3. The van der Waals surface area contributed by atoms with E-state index in [1.165, 1.54) is 11.0 Å². The van der Waals surface area contributed by atoms with Crippen molar-refractivity contribution in [2.24, 2.45) is 0 Å². The average molecular weight is 653 g/mol. The van der Waals surface area contributed by atoms with Crippen molar-refractivity contribution in [1.29, 1.82) is 0 Å². The first-order valence-corrected chi connectivity index (χ1v) is 13.0.